The van der Waals surface area contributed by atoms with Crippen molar-refractivity contribution in [1.29, 1.82) is 0 Å². The number of carbonyl (C=O) groups is 14. The van der Waals surface area contributed by atoms with Gasteiger partial charge in [0.2, 0.25) is 59.1 Å². The Hall–Kier alpha value is -12.1. The Morgan fingerprint density at radius 3 is 1.64 bits per heavy atom. The summed E-state index contributed by atoms with van der Waals surface area (Å²) < 4.78 is 42.2. The first-order valence-electron chi connectivity index (χ1n) is 34.2. The van der Waals surface area contributed by atoms with E-state index >= 15 is 0 Å². The molecular weight excluding hydrogens is 1500 g/mol. The molecule has 39 nitrogen and oxygen atoms in total. The maximum Gasteiger partial charge on any atom is 0.490 e. The molecule has 4 rings (SSSR count). The molecular formula is C68H89F3N14O25S. The van der Waals surface area contributed by atoms with Crippen molar-refractivity contribution in [2.75, 3.05) is 37.5 Å². The van der Waals surface area contributed by atoms with E-state index in [0.717, 1.165) is 31.2 Å². The summed E-state index contributed by atoms with van der Waals surface area (Å²) in [7, 11) is 1.40. The maximum atomic E-state index is 14.3. The molecule has 3 aromatic carbocycles. The second-order valence-corrected chi connectivity index (χ2v) is 26.1. The third-order valence-electron chi connectivity index (χ3n) is 16.2. The molecule has 0 aliphatic heterocycles. The smallest absolute Gasteiger partial charge is 0.490 e. The Balaban J connectivity index is 0.00000433. The van der Waals surface area contributed by atoms with Crippen LogP contribution in [0.25, 0.3) is 11.0 Å². The molecule has 0 bridgehead atoms. The van der Waals surface area contributed by atoms with Crippen molar-refractivity contribution in [2.45, 2.75) is 171 Å². The average molecular weight is 1590 g/mol. The number of hydrogen-bond acceptors (Lipinski definition) is 24. The summed E-state index contributed by atoms with van der Waals surface area (Å²) in [6.07, 6.45) is -6.96. The van der Waals surface area contributed by atoms with E-state index in [1.54, 1.807) is 62.6 Å². The number of alkyl halides is 3. The third kappa shape index (κ3) is 33.1. The Morgan fingerprint density at radius 2 is 1.10 bits per heavy atom. The number of primary amides is 1. The average Bonchev–Trinajstić information content (AvgIpc) is 0.805. The van der Waals surface area contributed by atoms with E-state index in [1.165, 1.54) is 24.9 Å². The van der Waals surface area contributed by atoms with Gasteiger partial charge in [-0.2, -0.15) is 24.9 Å². The molecule has 0 aliphatic rings. The molecule has 43 heteroatoms. The van der Waals surface area contributed by atoms with Crippen molar-refractivity contribution in [3.05, 3.63) is 115 Å². The number of methoxy groups -OCH3 is 1. The second kappa shape index (κ2) is 46.3. The monoisotopic (exact) mass is 1590 g/mol. The van der Waals surface area contributed by atoms with Crippen LogP contribution in [0.1, 0.15) is 109 Å². The number of nitro groups is 2. The quantitative estimate of drug-likeness (QED) is 0.0127. The number of fused-ring (bicyclic) bond motifs is 1. The van der Waals surface area contributed by atoms with E-state index in [-0.39, 0.29) is 80.6 Å². The minimum absolute atomic E-state index is 0.0182. The van der Waals surface area contributed by atoms with Gasteiger partial charge >= 0.3 is 35.7 Å². The van der Waals surface area contributed by atoms with Crippen molar-refractivity contribution in [2.24, 2.45) is 17.4 Å². The lowest BCUT2D eigenvalue weighted by Crippen LogP contribution is -2.61. The molecule has 0 radical (unpaired) electrons. The predicted molar refractivity (Wildman–Crippen MR) is 388 cm³/mol. The fraction of sp³-hybridized carbons (Fsp3) is 0.485. The van der Waals surface area contributed by atoms with Crippen molar-refractivity contribution < 1.29 is 120 Å². The largest absolute Gasteiger partial charge is 0.497 e. The van der Waals surface area contributed by atoms with Gasteiger partial charge in [0, 0.05) is 49.4 Å². The lowest BCUT2D eigenvalue weighted by molar-refractivity contribution is -0.393. The van der Waals surface area contributed by atoms with Crippen molar-refractivity contribution >= 4 is 123 Å². The van der Waals surface area contributed by atoms with Gasteiger partial charge in [0.15, 0.2) is 0 Å². The number of ether oxygens (including phenoxy) is 1. The zero-order valence-electron chi connectivity index (χ0n) is 60.7. The Bertz CT molecular complexity index is 4040. The first-order valence-corrected chi connectivity index (χ1v) is 35.6. The minimum atomic E-state index is -5.08. The third-order valence-corrected chi connectivity index (χ3v) is 16.9. The molecule has 1 heterocycles. The van der Waals surface area contributed by atoms with Gasteiger partial charge in [-0.25, -0.2) is 9.59 Å². The fourth-order valence-electron chi connectivity index (χ4n) is 10.4. The van der Waals surface area contributed by atoms with Crippen molar-refractivity contribution in [3.8, 4) is 5.75 Å². The lowest BCUT2D eigenvalue weighted by Gasteiger charge is -2.28. The number of amides is 10. The fourth-order valence-corrected chi connectivity index (χ4v) is 10.9. The number of rotatable bonds is 47. The van der Waals surface area contributed by atoms with E-state index < -0.39 is 215 Å². The second-order valence-electron chi connectivity index (χ2n) is 25.1. The van der Waals surface area contributed by atoms with Crippen LogP contribution in [0, 0.1) is 26.1 Å². The van der Waals surface area contributed by atoms with Crippen LogP contribution < -0.4 is 75.0 Å². The van der Waals surface area contributed by atoms with Crippen LogP contribution in [0.4, 0.5) is 30.2 Å². The number of nitro benzene ring substituents is 2. The summed E-state index contributed by atoms with van der Waals surface area (Å²) in [6.45, 7) is 4.42. The number of carboxylic acids is 4. The molecule has 1 aromatic heterocycles. The zero-order chi connectivity index (χ0) is 83.4. The van der Waals surface area contributed by atoms with E-state index in [4.69, 9.17) is 30.5 Å². The van der Waals surface area contributed by atoms with E-state index in [9.17, 15) is 116 Å². The van der Waals surface area contributed by atoms with Crippen LogP contribution in [-0.4, -0.2) is 206 Å². The van der Waals surface area contributed by atoms with Gasteiger partial charge in [-0.1, -0.05) is 44.2 Å². The van der Waals surface area contributed by atoms with Crippen LogP contribution in [0.15, 0.2) is 82.0 Å². The molecule has 4 aromatic rings. The maximum absolute atomic E-state index is 14.3. The standard InChI is InChI=1S/C66H88N14O23S.C2HF3O2/c1-35(2)57(78-63(94)45(21-23-53(82)83)71-52(81)30-38-31-56(88)103-51-33-40(102-4)18-19-41(38)51)66(97)75-44(16-9-11-26-67)60(91)74-47(25-28-104-5)62(93)77-49(34-55(86)87)64(95)70-36(3)59(90)73-46(22-24-54(84)85)61(92)76-48(29-37-13-7-6-8-14-37)65(96)72-43(58(68)89)15-10-12-27-69-42-20-17-39(79(98)99)32-50(42)80(100)101;3-2(4,5)1(6)7/h6-8,13-14,17-20,31-33,35-36,43-49,57,69H,9-12,15-16,21-30,34,67H2,1-5H3,(H2,68,89)(H,70,95)(H,71,81)(H,72,96)(H,73,90)(H,74,91)(H,75,97)(H,76,92)(H,77,93)(H,78,94)(H,82,83)(H,84,85)(H,86,87);(H,6,7)/t36-,43-,44-,45-,46-,47-,48-,49-,57-;/m0./s1. The summed E-state index contributed by atoms with van der Waals surface area (Å²) in [5.41, 5.74) is 10.3. The lowest BCUT2D eigenvalue weighted by atomic mass is 10.00. The van der Waals surface area contributed by atoms with E-state index in [1.807, 2.05) is 0 Å². The molecule has 0 unspecified atom stereocenters. The van der Waals surface area contributed by atoms with Crippen molar-refractivity contribution in [3.63, 3.8) is 0 Å². The van der Waals surface area contributed by atoms with Crippen molar-refractivity contribution in [1.82, 2.24) is 47.9 Å². The summed E-state index contributed by atoms with van der Waals surface area (Å²) in [4.78, 5) is 217. The highest BCUT2D eigenvalue weighted by Crippen LogP contribution is 2.29. The number of anilines is 1. The first-order chi connectivity index (χ1) is 52.2. The Labute approximate surface area is 634 Å². The van der Waals surface area contributed by atoms with Gasteiger partial charge < -0.3 is 94.2 Å². The molecule has 0 saturated carbocycles. The number of carboxylic acid groups (broad SMARTS) is 4. The normalized spacial score (nSPS) is 13.5. The van der Waals surface area contributed by atoms with Crippen LogP contribution in [0.2, 0.25) is 0 Å². The van der Waals surface area contributed by atoms with Crippen LogP contribution in [-0.2, 0) is 80.0 Å². The molecule has 0 saturated heterocycles. The van der Waals surface area contributed by atoms with Gasteiger partial charge in [-0.05, 0) is 119 Å². The first kappa shape index (κ1) is 93.2. The number of nitrogens with one attached hydrogen (secondary N) is 10. The number of aliphatic carboxylic acids is 4. The number of halogens is 3. The number of carbonyl (C=O) groups excluding carboxylic acids is 10. The van der Waals surface area contributed by atoms with Gasteiger partial charge in [0.1, 0.15) is 71.4 Å². The number of nitrogens with two attached hydrogens (primary N) is 2. The number of thioether (sulfide) groups is 1. The number of non-ortho nitro benzene ring substituents is 1. The zero-order valence-corrected chi connectivity index (χ0v) is 61.5. The predicted octanol–water partition coefficient (Wildman–Crippen LogP) is 0.930. The molecule has 608 valence electrons. The summed E-state index contributed by atoms with van der Waals surface area (Å²) in [5, 5.41) is 84.2. The molecule has 9 atom stereocenters. The number of hydrogen-bond donors (Lipinski definition) is 16. The highest BCUT2D eigenvalue weighted by atomic mass is 32.2. The molecule has 111 heavy (non-hydrogen) atoms. The van der Waals surface area contributed by atoms with Crippen LogP contribution in [0.5, 0.6) is 5.75 Å². The van der Waals surface area contributed by atoms with Gasteiger partial charge in [0.25, 0.3) is 11.4 Å². The van der Waals surface area contributed by atoms with Gasteiger partial charge in [-0.3, -0.25) is 82.6 Å². The molecule has 18 N–H and O–H groups in total. The molecule has 0 aliphatic carbocycles. The number of benzene rings is 3. The van der Waals surface area contributed by atoms with E-state index in [0.29, 0.717) is 23.1 Å². The van der Waals surface area contributed by atoms with Crippen LogP contribution in [0.3, 0.4) is 0 Å². The highest BCUT2D eigenvalue weighted by Gasteiger charge is 2.39. The number of nitrogens with zero attached hydrogens (tertiary/aromatic N) is 2. The summed E-state index contributed by atoms with van der Waals surface area (Å²) in [6, 6.07) is 2.51. The number of unbranched alkanes of at least 4 members (excludes halogenated alkanes) is 2. The molecule has 0 fully saturated rings. The van der Waals surface area contributed by atoms with E-state index in [2.05, 4.69) is 53.2 Å². The Kier molecular flexibility index (Phi) is 38.9. The summed E-state index contributed by atoms with van der Waals surface area (Å²) in [5.74, 6) is -17.6. The minimum Gasteiger partial charge on any atom is -0.497 e. The van der Waals surface area contributed by atoms with Gasteiger partial charge in [0.05, 0.1) is 35.9 Å². The summed E-state index contributed by atoms with van der Waals surface area (Å²) >= 11 is 1.23. The SMILES string of the molecule is COc1ccc2c(CC(=O)N[C@@H](CCC(=O)O)C(=O)N[C@H](C(=O)N[C@@H](CCCCN)C(=O)N[C@@H](CCSC)C(=O)N[C@@H](CC(=O)O)C(=O)N[C@@H](C)C(=O)N[C@@H](CCC(=O)O)C(=O)N[C@@H](Cc3ccccc3)C(=O)N[C@@H](CCCCNc3ccc([N+](=O)[O-])cc3[N+](=O)[O-])C(N)=O)C(C)C)cc(=O)oc2c1.O=C(O)C(F)(F)F. The highest BCUT2D eigenvalue weighted by molar-refractivity contribution is 7.98. The van der Waals surface area contributed by atoms with Crippen LogP contribution >= 0.6 is 11.8 Å². The molecule has 0 spiro atoms. The Morgan fingerprint density at radius 1 is 0.586 bits per heavy atom. The topological polar surface area (TPSA) is 618 Å². The molecule has 10 amide bonds. The van der Waals surface area contributed by atoms with Gasteiger partial charge in [-0.15, -0.1) is 0 Å².